The first-order valence-corrected chi connectivity index (χ1v) is 6.77. The van der Waals surface area contributed by atoms with Crippen molar-refractivity contribution in [3.05, 3.63) is 71.6 Å². The number of anilines is 1. The van der Waals surface area contributed by atoms with Crippen molar-refractivity contribution in [3.63, 3.8) is 0 Å². The monoisotopic (exact) mass is 283 g/mol. The van der Waals surface area contributed by atoms with E-state index in [9.17, 15) is 0 Å². The molecule has 0 aliphatic rings. The molecule has 0 saturated heterocycles. The second-order valence-corrected chi connectivity index (χ2v) is 4.89. The Morgan fingerprint density at radius 2 is 1.85 bits per heavy atom. The molecule has 0 unspecified atom stereocenters. The Kier molecular flexibility index (Phi) is 3.70. The van der Waals surface area contributed by atoms with Crippen molar-refractivity contribution in [2.24, 2.45) is 0 Å². The van der Waals surface area contributed by atoms with Crippen LogP contribution in [0.1, 0.15) is 5.56 Å². The zero-order chi connectivity index (χ0) is 13.8. The van der Waals surface area contributed by atoms with E-state index in [4.69, 9.17) is 11.6 Å². The molecule has 0 bridgehead atoms. The predicted molar refractivity (Wildman–Crippen MR) is 82.8 cm³/mol. The van der Waals surface area contributed by atoms with Gasteiger partial charge in [0.15, 0.2) is 0 Å². The molecule has 0 aliphatic heterocycles. The van der Waals surface area contributed by atoms with Crippen LogP contribution in [0.4, 0.5) is 5.69 Å². The molecule has 4 heteroatoms. The van der Waals surface area contributed by atoms with Crippen LogP contribution >= 0.6 is 11.6 Å². The van der Waals surface area contributed by atoms with Gasteiger partial charge in [-0.3, -0.25) is 0 Å². The standard InChI is InChI=1S/C16H14ClN3/c17-15-4-2-1-3-13(15)9-19-14-7-5-12(6-8-14)16-10-18-11-20-16/h1-8,10-11,19H,9H2,(H,18,20). The molecular weight excluding hydrogens is 270 g/mol. The fourth-order valence-corrected chi connectivity index (χ4v) is 2.22. The Bertz CT molecular complexity index is 675. The van der Waals surface area contributed by atoms with E-state index in [1.807, 2.05) is 42.6 Å². The maximum atomic E-state index is 6.13. The van der Waals surface area contributed by atoms with Gasteiger partial charge in [-0.25, -0.2) is 4.98 Å². The number of imidazole rings is 1. The molecule has 0 radical (unpaired) electrons. The highest BCUT2D eigenvalue weighted by molar-refractivity contribution is 6.31. The first-order chi connectivity index (χ1) is 9.83. The van der Waals surface area contributed by atoms with Gasteiger partial charge >= 0.3 is 0 Å². The fraction of sp³-hybridized carbons (Fsp3) is 0.0625. The molecule has 0 amide bonds. The molecule has 1 aromatic heterocycles. The summed E-state index contributed by atoms with van der Waals surface area (Å²) >= 11 is 6.13. The Morgan fingerprint density at radius 3 is 2.55 bits per heavy atom. The minimum atomic E-state index is 0.711. The van der Waals surface area contributed by atoms with Crippen LogP contribution in [0.5, 0.6) is 0 Å². The maximum Gasteiger partial charge on any atom is 0.0924 e. The van der Waals surface area contributed by atoms with Crippen molar-refractivity contribution in [3.8, 4) is 11.3 Å². The van der Waals surface area contributed by atoms with Crippen LogP contribution in [0.15, 0.2) is 61.1 Å². The topological polar surface area (TPSA) is 40.7 Å². The van der Waals surface area contributed by atoms with Gasteiger partial charge in [-0.05, 0) is 29.3 Å². The summed E-state index contributed by atoms with van der Waals surface area (Å²) in [6.45, 7) is 0.711. The van der Waals surface area contributed by atoms with E-state index in [0.717, 1.165) is 27.5 Å². The Morgan fingerprint density at radius 1 is 1.05 bits per heavy atom. The SMILES string of the molecule is Clc1ccccc1CNc1ccc(-c2cnc[nH]2)cc1. The van der Waals surface area contributed by atoms with Crippen LogP contribution < -0.4 is 5.32 Å². The Balaban J connectivity index is 1.68. The van der Waals surface area contributed by atoms with E-state index in [1.165, 1.54) is 0 Å². The first kappa shape index (κ1) is 12.8. The minimum Gasteiger partial charge on any atom is -0.381 e. The first-order valence-electron chi connectivity index (χ1n) is 6.39. The number of nitrogens with one attached hydrogen (secondary N) is 2. The van der Waals surface area contributed by atoms with Crippen LogP contribution in [0, 0.1) is 0 Å². The van der Waals surface area contributed by atoms with E-state index in [-0.39, 0.29) is 0 Å². The number of hydrogen-bond acceptors (Lipinski definition) is 2. The number of hydrogen-bond donors (Lipinski definition) is 2. The molecule has 1 heterocycles. The van der Waals surface area contributed by atoms with Gasteiger partial charge in [0.25, 0.3) is 0 Å². The van der Waals surface area contributed by atoms with Gasteiger partial charge < -0.3 is 10.3 Å². The quantitative estimate of drug-likeness (QED) is 0.748. The highest BCUT2D eigenvalue weighted by Gasteiger charge is 2.01. The molecule has 2 N–H and O–H groups in total. The van der Waals surface area contributed by atoms with Gasteiger partial charge in [0.05, 0.1) is 18.2 Å². The summed E-state index contributed by atoms with van der Waals surface area (Å²) in [5.74, 6) is 0. The van der Waals surface area contributed by atoms with Crippen molar-refractivity contribution >= 4 is 17.3 Å². The van der Waals surface area contributed by atoms with Crippen molar-refractivity contribution < 1.29 is 0 Å². The number of aromatic amines is 1. The van der Waals surface area contributed by atoms with Gasteiger partial charge in [-0.2, -0.15) is 0 Å². The molecule has 0 aliphatic carbocycles. The molecule has 100 valence electrons. The van der Waals surface area contributed by atoms with Crippen molar-refractivity contribution in [1.29, 1.82) is 0 Å². The van der Waals surface area contributed by atoms with Gasteiger partial charge in [0.1, 0.15) is 0 Å². The molecule has 2 aromatic carbocycles. The van der Waals surface area contributed by atoms with Crippen molar-refractivity contribution in [2.75, 3.05) is 5.32 Å². The third kappa shape index (κ3) is 2.83. The zero-order valence-electron chi connectivity index (χ0n) is 10.8. The summed E-state index contributed by atoms with van der Waals surface area (Å²) in [5.41, 5.74) is 4.29. The summed E-state index contributed by atoms with van der Waals surface area (Å²) in [7, 11) is 0. The molecule has 0 saturated carbocycles. The van der Waals surface area contributed by atoms with E-state index in [2.05, 4.69) is 27.4 Å². The normalized spacial score (nSPS) is 10.4. The van der Waals surface area contributed by atoms with Gasteiger partial charge in [0.2, 0.25) is 0 Å². The smallest absolute Gasteiger partial charge is 0.0924 e. The number of halogens is 1. The number of aromatic nitrogens is 2. The highest BCUT2D eigenvalue weighted by Crippen LogP contribution is 2.20. The van der Waals surface area contributed by atoms with Crippen LogP contribution in [-0.4, -0.2) is 9.97 Å². The van der Waals surface area contributed by atoms with E-state index in [1.54, 1.807) is 6.33 Å². The second kappa shape index (κ2) is 5.80. The molecule has 0 spiro atoms. The van der Waals surface area contributed by atoms with Crippen LogP contribution in [0.25, 0.3) is 11.3 Å². The second-order valence-electron chi connectivity index (χ2n) is 4.49. The average molecular weight is 284 g/mol. The largest absolute Gasteiger partial charge is 0.381 e. The van der Waals surface area contributed by atoms with E-state index < -0.39 is 0 Å². The lowest BCUT2D eigenvalue weighted by molar-refractivity contribution is 1.15. The van der Waals surface area contributed by atoms with Crippen molar-refractivity contribution in [2.45, 2.75) is 6.54 Å². The molecule has 20 heavy (non-hydrogen) atoms. The zero-order valence-corrected chi connectivity index (χ0v) is 11.6. The van der Waals surface area contributed by atoms with E-state index in [0.29, 0.717) is 6.54 Å². The van der Waals surface area contributed by atoms with Gasteiger partial charge in [-0.15, -0.1) is 0 Å². The van der Waals surface area contributed by atoms with Crippen LogP contribution in [-0.2, 0) is 6.54 Å². The Hall–Kier alpha value is -2.26. The van der Waals surface area contributed by atoms with Gasteiger partial charge in [-0.1, -0.05) is 41.9 Å². The number of benzene rings is 2. The van der Waals surface area contributed by atoms with Crippen LogP contribution in [0.3, 0.4) is 0 Å². The lowest BCUT2D eigenvalue weighted by Crippen LogP contribution is -1.99. The van der Waals surface area contributed by atoms with Crippen LogP contribution in [0.2, 0.25) is 5.02 Å². The minimum absolute atomic E-state index is 0.711. The maximum absolute atomic E-state index is 6.13. The fourth-order valence-electron chi connectivity index (χ4n) is 2.02. The lowest BCUT2D eigenvalue weighted by atomic mass is 10.1. The van der Waals surface area contributed by atoms with Gasteiger partial charge in [0, 0.05) is 17.3 Å². The Labute approximate surface area is 122 Å². The summed E-state index contributed by atoms with van der Waals surface area (Å²) in [4.78, 5) is 7.11. The molecular formula is C16H14ClN3. The molecule has 3 aromatic rings. The summed E-state index contributed by atoms with van der Waals surface area (Å²) in [6.07, 6.45) is 3.49. The molecule has 3 rings (SSSR count). The molecule has 0 atom stereocenters. The van der Waals surface area contributed by atoms with Crippen molar-refractivity contribution in [1.82, 2.24) is 9.97 Å². The molecule has 3 nitrogen and oxygen atoms in total. The number of nitrogens with zero attached hydrogens (tertiary/aromatic N) is 1. The summed E-state index contributed by atoms with van der Waals surface area (Å²) in [5, 5.41) is 4.15. The lowest BCUT2D eigenvalue weighted by Gasteiger charge is -2.08. The summed E-state index contributed by atoms with van der Waals surface area (Å²) in [6, 6.07) is 16.1. The average Bonchev–Trinajstić information content (AvgIpc) is 3.01. The van der Waals surface area contributed by atoms with E-state index >= 15 is 0 Å². The highest BCUT2D eigenvalue weighted by atomic mass is 35.5. The summed E-state index contributed by atoms with van der Waals surface area (Å²) < 4.78 is 0. The third-order valence-electron chi connectivity index (χ3n) is 3.13. The third-order valence-corrected chi connectivity index (χ3v) is 3.50. The number of rotatable bonds is 4. The number of H-pyrrole nitrogens is 1. The molecule has 0 fully saturated rings. The predicted octanol–water partition coefficient (Wildman–Crippen LogP) is 4.34.